The van der Waals surface area contributed by atoms with E-state index in [1.54, 1.807) is 24.5 Å². The molecule has 1 N–H and O–H groups in total. The van der Waals surface area contributed by atoms with Crippen LogP contribution in [0.3, 0.4) is 0 Å². The van der Waals surface area contributed by atoms with Crippen LogP contribution in [0.2, 0.25) is 0 Å². The van der Waals surface area contributed by atoms with Crippen LogP contribution in [-0.2, 0) is 12.8 Å². The Morgan fingerprint density at radius 2 is 1.96 bits per heavy atom. The van der Waals surface area contributed by atoms with E-state index in [0.717, 1.165) is 42.9 Å². The van der Waals surface area contributed by atoms with Crippen molar-refractivity contribution < 1.29 is 9.53 Å². The third-order valence-corrected chi connectivity index (χ3v) is 5.17. The molecule has 1 amide bonds. The Labute approximate surface area is 163 Å². The average molecular weight is 369 g/mol. The summed E-state index contributed by atoms with van der Waals surface area (Å²) in [7, 11) is 0. The molecule has 0 bridgehead atoms. The van der Waals surface area contributed by atoms with Gasteiger partial charge in [-0.3, -0.25) is 9.78 Å². The number of pyridine rings is 2. The molecule has 0 unspecified atom stereocenters. The second-order valence-corrected chi connectivity index (χ2v) is 6.98. The van der Waals surface area contributed by atoms with E-state index in [-0.39, 0.29) is 5.91 Å². The first-order valence-electron chi connectivity index (χ1n) is 9.46. The van der Waals surface area contributed by atoms with Crippen LogP contribution in [0.25, 0.3) is 5.57 Å². The largest absolute Gasteiger partial charge is 0.493 e. The summed E-state index contributed by atoms with van der Waals surface area (Å²) in [5.41, 5.74) is 6.33. The van der Waals surface area contributed by atoms with Crippen LogP contribution in [0.1, 0.15) is 39.2 Å². The summed E-state index contributed by atoms with van der Waals surface area (Å²) in [5, 5.41) is 2.87. The summed E-state index contributed by atoms with van der Waals surface area (Å²) >= 11 is 0. The normalized spacial score (nSPS) is 14.5. The molecule has 1 aliphatic carbocycles. The molecule has 3 heterocycles. The number of allylic oxidation sites excluding steroid dienone is 1. The molecule has 5 rings (SSSR count). The van der Waals surface area contributed by atoms with Crippen molar-refractivity contribution in [1.29, 1.82) is 0 Å². The Balaban J connectivity index is 1.39. The Kier molecular flexibility index (Phi) is 4.13. The van der Waals surface area contributed by atoms with E-state index in [9.17, 15) is 4.79 Å². The molecule has 3 aromatic rings. The fraction of sp³-hybridized carbons (Fsp3) is 0.174. The second-order valence-electron chi connectivity index (χ2n) is 6.98. The maximum atomic E-state index is 12.3. The van der Waals surface area contributed by atoms with Crippen molar-refractivity contribution in [1.82, 2.24) is 9.97 Å². The van der Waals surface area contributed by atoms with Gasteiger partial charge < -0.3 is 10.1 Å². The topological polar surface area (TPSA) is 64.1 Å². The third kappa shape index (κ3) is 3.05. The highest BCUT2D eigenvalue weighted by molar-refractivity contribution is 6.03. The zero-order valence-corrected chi connectivity index (χ0v) is 15.3. The third-order valence-electron chi connectivity index (χ3n) is 5.17. The van der Waals surface area contributed by atoms with Crippen molar-refractivity contribution in [2.24, 2.45) is 0 Å². The lowest BCUT2D eigenvalue weighted by molar-refractivity contribution is 0.102. The number of rotatable bonds is 3. The maximum Gasteiger partial charge on any atom is 0.256 e. The molecule has 138 valence electrons. The van der Waals surface area contributed by atoms with Gasteiger partial charge in [-0.25, -0.2) is 4.98 Å². The number of amides is 1. The van der Waals surface area contributed by atoms with E-state index < -0.39 is 0 Å². The maximum absolute atomic E-state index is 12.3. The summed E-state index contributed by atoms with van der Waals surface area (Å²) in [5.74, 6) is 1.38. The van der Waals surface area contributed by atoms with Gasteiger partial charge in [-0.1, -0.05) is 12.1 Å². The van der Waals surface area contributed by atoms with E-state index in [0.29, 0.717) is 11.4 Å². The predicted molar refractivity (Wildman–Crippen MR) is 107 cm³/mol. The van der Waals surface area contributed by atoms with Crippen molar-refractivity contribution in [2.45, 2.75) is 19.3 Å². The van der Waals surface area contributed by atoms with Gasteiger partial charge >= 0.3 is 0 Å². The van der Waals surface area contributed by atoms with Crippen molar-refractivity contribution in [3.8, 4) is 5.75 Å². The first-order valence-corrected chi connectivity index (χ1v) is 9.46. The first-order chi connectivity index (χ1) is 13.8. The molecule has 1 aliphatic heterocycles. The first kappa shape index (κ1) is 16.7. The summed E-state index contributed by atoms with van der Waals surface area (Å²) < 4.78 is 5.72. The Hall–Kier alpha value is -3.47. The molecule has 0 fully saturated rings. The Bertz CT molecular complexity index is 1090. The number of nitrogens with zero attached hydrogens (tertiary/aromatic N) is 2. The SMILES string of the molecule is O=C(Nc1ccc2c(n1)CC=C2c1ccc2c(c1)CCCO2)c1ccncc1. The Morgan fingerprint density at radius 3 is 2.86 bits per heavy atom. The van der Waals surface area contributed by atoms with Gasteiger partial charge in [0.05, 0.1) is 12.3 Å². The average Bonchev–Trinajstić information content (AvgIpc) is 3.17. The molecule has 0 spiro atoms. The lowest BCUT2D eigenvalue weighted by Gasteiger charge is -2.18. The quantitative estimate of drug-likeness (QED) is 0.757. The molecule has 5 nitrogen and oxygen atoms in total. The van der Waals surface area contributed by atoms with Crippen LogP contribution >= 0.6 is 0 Å². The minimum absolute atomic E-state index is 0.185. The van der Waals surface area contributed by atoms with Gasteiger partial charge in [-0.2, -0.15) is 0 Å². The number of hydrogen-bond donors (Lipinski definition) is 1. The molecule has 1 aromatic carbocycles. The van der Waals surface area contributed by atoms with Gasteiger partial charge in [-0.15, -0.1) is 0 Å². The zero-order chi connectivity index (χ0) is 18.9. The number of ether oxygens (including phenoxy) is 1. The van der Waals surface area contributed by atoms with Gasteiger partial charge in [0.1, 0.15) is 11.6 Å². The van der Waals surface area contributed by atoms with E-state index in [1.165, 1.54) is 16.7 Å². The van der Waals surface area contributed by atoms with Crippen LogP contribution < -0.4 is 10.1 Å². The van der Waals surface area contributed by atoms with Crippen molar-refractivity contribution in [3.63, 3.8) is 0 Å². The van der Waals surface area contributed by atoms with Crippen molar-refractivity contribution in [3.05, 3.63) is 88.9 Å². The van der Waals surface area contributed by atoms with Crippen LogP contribution in [-0.4, -0.2) is 22.5 Å². The number of anilines is 1. The highest BCUT2D eigenvalue weighted by atomic mass is 16.5. The van der Waals surface area contributed by atoms with Crippen LogP contribution in [0.15, 0.2) is 60.9 Å². The lowest BCUT2D eigenvalue weighted by atomic mass is 9.96. The van der Waals surface area contributed by atoms with E-state index in [2.05, 4.69) is 39.6 Å². The summed E-state index contributed by atoms with van der Waals surface area (Å²) in [4.78, 5) is 20.9. The standard InChI is InChI=1S/C23H19N3O2/c27-23(15-9-11-24-12-10-15)26-22-8-5-19-18(4-6-20(19)25-22)16-3-7-21-17(14-16)2-1-13-28-21/h3-5,7-12,14H,1-2,6,13H2,(H,25,26,27). The van der Waals surface area contributed by atoms with E-state index in [4.69, 9.17) is 4.74 Å². The molecule has 28 heavy (non-hydrogen) atoms. The zero-order valence-electron chi connectivity index (χ0n) is 15.3. The summed E-state index contributed by atoms with van der Waals surface area (Å²) in [6.45, 7) is 0.801. The molecular formula is C23H19N3O2. The minimum atomic E-state index is -0.185. The molecule has 0 atom stereocenters. The second kappa shape index (κ2) is 6.93. The molecular weight excluding hydrogens is 350 g/mol. The molecule has 2 aromatic heterocycles. The van der Waals surface area contributed by atoms with Gasteiger partial charge in [0.25, 0.3) is 5.91 Å². The van der Waals surface area contributed by atoms with E-state index >= 15 is 0 Å². The number of carbonyl (C=O) groups is 1. The van der Waals surface area contributed by atoms with Gasteiger partial charge in [-0.05, 0) is 65.9 Å². The monoisotopic (exact) mass is 369 g/mol. The smallest absolute Gasteiger partial charge is 0.256 e. The number of benzene rings is 1. The molecule has 0 saturated heterocycles. The summed E-state index contributed by atoms with van der Waals surface area (Å²) in [6, 6.07) is 13.7. The van der Waals surface area contributed by atoms with Gasteiger partial charge in [0, 0.05) is 29.9 Å². The van der Waals surface area contributed by atoms with E-state index in [1.807, 2.05) is 12.1 Å². The molecule has 2 aliphatic rings. The van der Waals surface area contributed by atoms with Crippen LogP contribution in [0, 0.1) is 0 Å². The van der Waals surface area contributed by atoms with Crippen molar-refractivity contribution in [2.75, 3.05) is 11.9 Å². The van der Waals surface area contributed by atoms with Crippen molar-refractivity contribution >= 4 is 17.3 Å². The lowest BCUT2D eigenvalue weighted by Crippen LogP contribution is -2.13. The number of nitrogens with one attached hydrogen (secondary N) is 1. The number of fused-ring (bicyclic) bond motifs is 2. The molecule has 0 saturated carbocycles. The van der Waals surface area contributed by atoms with Crippen LogP contribution in [0.4, 0.5) is 5.82 Å². The number of aryl methyl sites for hydroxylation is 1. The number of aromatic nitrogens is 2. The Morgan fingerprint density at radius 1 is 1.07 bits per heavy atom. The molecule has 5 heteroatoms. The van der Waals surface area contributed by atoms with Gasteiger partial charge in [0.15, 0.2) is 0 Å². The fourth-order valence-electron chi connectivity index (χ4n) is 3.77. The number of hydrogen-bond acceptors (Lipinski definition) is 4. The fourth-order valence-corrected chi connectivity index (χ4v) is 3.77. The molecule has 0 radical (unpaired) electrons. The summed E-state index contributed by atoms with van der Waals surface area (Å²) in [6.07, 6.45) is 8.29. The van der Waals surface area contributed by atoms with Crippen LogP contribution in [0.5, 0.6) is 5.75 Å². The minimum Gasteiger partial charge on any atom is -0.493 e. The predicted octanol–water partition coefficient (Wildman–Crippen LogP) is 4.04. The number of carbonyl (C=O) groups excluding carboxylic acids is 1. The highest BCUT2D eigenvalue weighted by Gasteiger charge is 2.20. The van der Waals surface area contributed by atoms with Gasteiger partial charge in [0.2, 0.25) is 0 Å². The highest BCUT2D eigenvalue weighted by Crippen LogP contribution is 2.35.